The normalized spacial score (nSPS) is 15.9. The molecule has 1 amide bonds. The fraction of sp³-hybridized carbons (Fsp3) is 0.444. The van der Waals surface area contributed by atoms with Crippen molar-refractivity contribution in [1.82, 2.24) is 20.5 Å². The van der Waals surface area contributed by atoms with E-state index in [1.165, 1.54) is 11.3 Å². The third-order valence-corrected chi connectivity index (χ3v) is 5.34. The smallest absolute Gasteiger partial charge is 0.270 e. The summed E-state index contributed by atoms with van der Waals surface area (Å²) in [7, 11) is 0. The Kier molecular flexibility index (Phi) is 8.78. The number of piperazine rings is 1. The second-order valence-corrected chi connectivity index (χ2v) is 7.10. The van der Waals surface area contributed by atoms with E-state index in [4.69, 9.17) is 9.47 Å². The first-order valence-electron chi connectivity index (χ1n) is 8.86. The predicted octanol–water partition coefficient (Wildman–Crippen LogP) is 2.06. The highest BCUT2D eigenvalue weighted by atomic mass is 35.5. The van der Waals surface area contributed by atoms with E-state index in [-0.39, 0.29) is 30.7 Å². The van der Waals surface area contributed by atoms with E-state index < -0.39 is 0 Å². The highest BCUT2D eigenvalue weighted by Gasteiger charge is 2.16. The maximum atomic E-state index is 12.3. The van der Waals surface area contributed by atoms with Gasteiger partial charge in [-0.15, -0.1) is 36.2 Å². The first-order valence-corrected chi connectivity index (χ1v) is 9.74. The van der Waals surface area contributed by atoms with Crippen LogP contribution in [0.5, 0.6) is 11.5 Å². The Morgan fingerprint density at radius 3 is 2.71 bits per heavy atom. The first-order chi connectivity index (χ1) is 12.8. The number of thiazole rings is 1. The lowest BCUT2D eigenvalue weighted by atomic mass is 10.2. The number of nitrogens with zero attached hydrogens (tertiary/aromatic N) is 2. The highest BCUT2D eigenvalue weighted by Crippen LogP contribution is 2.35. The largest absolute Gasteiger partial charge is 0.486 e. The van der Waals surface area contributed by atoms with Crippen LogP contribution in [0, 0.1) is 0 Å². The van der Waals surface area contributed by atoms with E-state index >= 15 is 0 Å². The Balaban J connectivity index is 0.00000140. The number of fused-ring (bicyclic) bond motifs is 1. The first kappa shape index (κ1) is 22.7. The molecule has 3 heterocycles. The predicted molar refractivity (Wildman–Crippen MR) is 115 cm³/mol. The number of carbonyl (C=O) groups excluding carboxylic acids is 1. The summed E-state index contributed by atoms with van der Waals surface area (Å²) >= 11 is 1.46. The van der Waals surface area contributed by atoms with Crippen LogP contribution in [0.4, 0.5) is 0 Å². The van der Waals surface area contributed by atoms with E-state index in [2.05, 4.69) is 20.5 Å². The summed E-state index contributed by atoms with van der Waals surface area (Å²) in [5.41, 5.74) is 1.39. The monoisotopic (exact) mass is 446 g/mol. The van der Waals surface area contributed by atoms with Gasteiger partial charge in [0.15, 0.2) is 11.5 Å². The van der Waals surface area contributed by atoms with Crippen LogP contribution >= 0.6 is 36.2 Å². The Labute approximate surface area is 180 Å². The van der Waals surface area contributed by atoms with Gasteiger partial charge >= 0.3 is 0 Å². The summed E-state index contributed by atoms with van der Waals surface area (Å²) in [4.78, 5) is 19.1. The van der Waals surface area contributed by atoms with E-state index in [1.807, 2.05) is 18.2 Å². The highest BCUT2D eigenvalue weighted by molar-refractivity contribution is 7.13. The SMILES string of the molecule is Cl.Cl.O=C(NCCN1CCNCC1)c1csc(-c2ccc3c(c2)OCCO3)n1. The minimum absolute atomic E-state index is 0. The van der Waals surface area contributed by atoms with Gasteiger partial charge in [-0.2, -0.15) is 0 Å². The molecule has 28 heavy (non-hydrogen) atoms. The fourth-order valence-electron chi connectivity index (χ4n) is 3.04. The number of hydrogen-bond donors (Lipinski definition) is 2. The molecule has 4 rings (SSSR count). The van der Waals surface area contributed by atoms with E-state index in [1.54, 1.807) is 5.38 Å². The summed E-state index contributed by atoms with van der Waals surface area (Å²) in [6.07, 6.45) is 0. The lowest BCUT2D eigenvalue weighted by Gasteiger charge is -2.26. The summed E-state index contributed by atoms with van der Waals surface area (Å²) in [6, 6.07) is 5.75. The molecule has 154 valence electrons. The molecular weight excluding hydrogens is 423 g/mol. The van der Waals surface area contributed by atoms with Crippen molar-refractivity contribution >= 4 is 42.1 Å². The van der Waals surface area contributed by atoms with Crippen molar-refractivity contribution in [3.05, 3.63) is 29.3 Å². The quantitative estimate of drug-likeness (QED) is 0.731. The van der Waals surface area contributed by atoms with E-state index in [0.717, 1.165) is 54.8 Å². The maximum Gasteiger partial charge on any atom is 0.270 e. The molecule has 10 heteroatoms. The zero-order valence-corrected chi connectivity index (χ0v) is 17.8. The summed E-state index contributed by atoms with van der Waals surface area (Å²) in [5.74, 6) is 1.36. The molecule has 2 aliphatic rings. The number of nitrogens with one attached hydrogen (secondary N) is 2. The van der Waals surface area contributed by atoms with E-state index in [9.17, 15) is 4.79 Å². The minimum Gasteiger partial charge on any atom is -0.486 e. The molecule has 1 aromatic heterocycles. The van der Waals surface area contributed by atoms with Crippen molar-refractivity contribution in [3.8, 4) is 22.1 Å². The van der Waals surface area contributed by atoms with E-state index in [0.29, 0.717) is 25.5 Å². The molecule has 1 saturated heterocycles. The average Bonchev–Trinajstić information content (AvgIpc) is 3.19. The number of amides is 1. The summed E-state index contributed by atoms with van der Waals surface area (Å²) in [6.45, 7) is 6.71. The molecule has 0 spiro atoms. The Morgan fingerprint density at radius 1 is 1.18 bits per heavy atom. The summed E-state index contributed by atoms with van der Waals surface area (Å²) < 4.78 is 11.2. The number of rotatable bonds is 5. The molecule has 1 fully saturated rings. The lowest BCUT2D eigenvalue weighted by Crippen LogP contribution is -2.46. The van der Waals surface area contributed by atoms with Crippen molar-refractivity contribution in [2.24, 2.45) is 0 Å². The van der Waals surface area contributed by atoms with Crippen molar-refractivity contribution in [2.75, 3.05) is 52.5 Å². The number of carbonyl (C=O) groups is 1. The van der Waals surface area contributed by atoms with Crippen LogP contribution < -0.4 is 20.1 Å². The zero-order chi connectivity index (χ0) is 17.8. The maximum absolute atomic E-state index is 12.3. The van der Waals surface area contributed by atoms with Crippen LogP contribution in [-0.4, -0.2) is 68.3 Å². The number of halogens is 2. The van der Waals surface area contributed by atoms with Crippen LogP contribution in [0.2, 0.25) is 0 Å². The molecule has 2 aliphatic heterocycles. The van der Waals surface area contributed by atoms with Gasteiger partial charge in [-0.3, -0.25) is 9.69 Å². The van der Waals surface area contributed by atoms with Crippen LogP contribution in [0.15, 0.2) is 23.6 Å². The van der Waals surface area contributed by atoms with Gasteiger partial charge < -0.3 is 20.1 Å². The Bertz CT molecular complexity index is 784. The van der Waals surface area contributed by atoms with Gasteiger partial charge in [0.25, 0.3) is 5.91 Å². The van der Waals surface area contributed by atoms with Crippen LogP contribution in [-0.2, 0) is 0 Å². The van der Waals surface area contributed by atoms with Crippen LogP contribution in [0.1, 0.15) is 10.5 Å². The number of ether oxygens (including phenoxy) is 2. The molecule has 0 bridgehead atoms. The molecule has 1 aromatic carbocycles. The fourth-order valence-corrected chi connectivity index (χ4v) is 3.84. The number of benzene rings is 1. The second-order valence-electron chi connectivity index (χ2n) is 6.24. The van der Waals surface area contributed by atoms with Gasteiger partial charge in [0.2, 0.25) is 0 Å². The van der Waals surface area contributed by atoms with Crippen molar-refractivity contribution in [1.29, 1.82) is 0 Å². The molecule has 0 aliphatic carbocycles. The van der Waals surface area contributed by atoms with Crippen LogP contribution in [0.25, 0.3) is 10.6 Å². The molecule has 0 atom stereocenters. The molecule has 0 saturated carbocycles. The number of aromatic nitrogens is 1. The number of hydrogen-bond acceptors (Lipinski definition) is 7. The Morgan fingerprint density at radius 2 is 1.93 bits per heavy atom. The standard InChI is InChI=1S/C18H22N4O3S.2ClH/c23-17(20-5-8-22-6-3-19-4-7-22)14-12-26-18(21-14)13-1-2-15-16(11-13)25-10-9-24-15;;/h1-2,11-12,19H,3-10H2,(H,20,23);2*1H. The second kappa shape index (κ2) is 10.8. The van der Waals surface area contributed by atoms with Crippen molar-refractivity contribution < 1.29 is 14.3 Å². The molecule has 2 aromatic rings. The van der Waals surface area contributed by atoms with Crippen LogP contribution in [0.3, 0.4) is 0 Å². The van der Waals surface area contributed by atoms with Gasteiger partial charge in [-0.05, 0) is 18.2 Å². The molecule has 2 N–H and O–H groups in total. The van der Waals surface area contributed by atoms with Gasteiger partial charge in [0.05, 0.1) is 0 Å². The van der Waals surface area contributed by atoms with Gasteiger partial charge in [0.1, 0.15) is 23.9 Å². The van der Waals surface area contributed by atoms with Crippen molar-refractivity contribution in [2.45, 2.75) is 0 Å². The van der Waals surface area contributed by atoms with Crippen molar-refractivity contribution in [3.63, 3.8) is 0 Å². The molecule has 0 unspecified atom stereocenters. The topological polar surface area (TPSA) is 75.7 Å². The summed E-state index contributed by atoms with van der Waals surface area (Å²) in [5, 5.41) is 8.88. The molecule has 0 radical (unpaired) electrons. The zero-order valence-electron chi connectivity index (χ0n) is 15.3. The van der Waals surface area contributed by atoms with Gasteiger partial charge in [-0.25, -0.2) is 4.98 Å². The lowest BCUT2D eigenvalue weighted by molar-refractivity contribution is 0.0943. The third-order valence-electron chi connectivity index (χ3n) is 4.45. The third kappa shape index (κ3) is 5.48. The van der Waals surface area contributed by atoms with Gasteiger partial charge in [0, 0.05) is 50.2 Å². The average molecular weight is 447 g/mol. The van der Waals surface area contributed by atoms with Gasteiger partial charge in [-0.1, -0.05) is 0 Å². The minimum atomic E-state index is -0.125. The molecule has 7 nitrogen and oxygen atoms in total. The Hall–Kier alpha value is -1.58. The molecular formula is C18H24Cl2N4O3S.